The van der Waals surface area contributed by atoms with E-state index in [1.54, 1.807) is 23.1 Å². The molecule has 0 unspecified atom stereocenters. The van der Waals surface area contributed by atoms with Crippen LogP contribution in [0.25, 0.3) is 15.5 Å². The van der Waals surface area contributed by atoms with Gasteiger partial charge in [0, 0.05) is 54.9 Å². The number of rotatable bonds is 4. The average molecular weight is 484 g/mol. The van der Waals surface area contributed by atoms with Crippen molar-refractivity contribution in [1.29, 1.82) is 0 Å². The first kappa shape index (κ1) is 21.7. The molecular formula is C23H19ClFN5O2S. The molecule has 2 aromatic heterocycles. The predicted molar refractivity (Wildman–Crippen MR) is 125 cm³/mol. The maximum atomic E-state index is 13.4. The molecule has 168 valence electrons. The van der Waals surface area contributed by atoms with Gasteiger partial charge in [-0.25, -0.2) is 9.37 Å². The van der Waals surface area contributed by atoms with E-state index in [2.05, 4.69) is 15.0 Å². The van der Waals surface area contributed by atoms with Gasteiger partial charge in [0.25, 0.3) is 11.5 Å². The first-order valence-corrected chi connectivity index (χ1v) is 11.6. The van der Waals surface area contributed by atoms with Gasteiger partial charge in [0.1, 0.15) is 10.8 Å². The highest BCUT2D eigenvalue weighted by Crippen LogP contribution is 2.25. The van der Waals surface area contributed by atoms with Gasteiger partial charge < -0.3 is 4.90 Å². The number of hydrogen-bond acceptors (Lipinski definition) is 6. The molecule has 0 N–H and O–H groups in total. The Hall–Kier alpha value is -3.14. The zero-order valence-corrected chi connectivity index (χ0v) is 19.0. The highest BCUT2D eigenvalue weighted by Gasteiger charge is 2.23. The Bertz CT molecular complexity index is 1380. The fourth-order valence-corrected chi connectivity index (χ4v) is 4.84. The highest BCUT2D eigenvalue weighted by atomic mass is 35.5. The van der Waals surface area contributed by atoms with Crippen LogP contribution in [0.4, 0.5) is 4.39 Å². The lowest BCUT2D eigenvalue weighted by Crippen LogP contribution is -2.48. The Labute approximate surface area is 197 Å². The van der Waals surface area contributed by atoms with Crippen molar-refractivity contribution in [3.05, 3.63) is 87.0 Å². The molecule has 5 rings (SSSR count). The van der Waals surface area contributed by atoms with Crippen LogP contribution in [0.1, 0.15) is 16.1 Å². The predicted octanol–water partition coefficient (Wildman–Crippen LogP) is 3.57. The fraction of sp³-hybridized carbons (Fsp3) is 0.217. The van der Waals surface area contributed by atoms with Crippen LogP contribution in [0.5, 0.6) is 0 Å². The molecule has 0 atom stereocenters. The molecule has 3 heterocycles. The van der Waals surface area contributed by atoms with Gasteiger partial charge in [0.15, 0.2) is 0 Å². The van der Waals surface area contributed by atoms with Gasteiger partial charge in [-0.3, -0.25) is 14.5 Å². The van der Waals surface area contributed by atoms with Gasteiger partial charge in [-0.1, -0.05) is 41.1 Å². The molecule has 10 heteroatoms. The number of halogens is 2. The van der Waals surface area contributed by atoms with Crippen LogP contribution >= 0.6 is 22.9 Å². The van der Waals surface area contributed by atoms with Gasteiger partial charge >= 0.3 is 0 Å². The molecule has 0 aliphatic carbocycles. The summed E-state index contributed by atoms with van der Waals surface area (Å²) in [5, 5.41) is 5.72. The Morgan fingerprint density at radius 3 is 2.55 bits per heavy atom. The van der Waals surface area contributed by atoms with Crippen molar-refractivity contribution < 1.29 is 9.18 Å². The van der Waals surface area contributed by atoms with Crippen LogP contribution in [-0.4, -0.2) is 56.5 Å². The molecule has 4 aromatic rings. The SMILES string of the molecule is O=C(c1cccc(F)c1)N1CCN(Cc2cc(=O)n3nc(-c4ccc(Cl)cc4)sc3n2)CC1. The van der Waals surface area contributed by atoms with Crippen LogP contribution in [0.3, 0.4) is 0 Å². The van der Waals surface area contributed by atoms with Crippen LogP contribution in [0, 0.1) is 5.82 Å². The van der Waals surface area contributed by atoms with E-state index in [9.17, 15) is 14.0 Å². The molecular weight excluding hydrogens is 465 g/mol. The Kier molecular flexibility index (Phi) is 5.92. The number of aromatic nitrogens is 3. The second-order valence-electron chi connectivity index (χ2n) is 7.77. The summed E-state index contributed by atoms with van der Waals surface area (Å²) in [5.41, 5.74) is 1.66. The van der Waals surface area contributed by atoms with E-state index >= 15 is 0 Å². The third-order valence-electron chi connectivity index (χ3n) is 5.51. The number of hydrogen-bond donors (Lipinski definition) is 0. The standard InChI is InChI=1S/C23H19ClFN5O2S/c24-17-6-4-15(5-7-17)21-27-30-20(31)13-19(26-23(30)33-21)14-28-8-10-29(11-9-28)22(32)16-2-1-3-18(25)12-16/h1-7,12-13H,8-11,14H2. The third-order valence-corrected chi connectivity index (χ3v) is 6.72. The Morgan fingerprint density at radius 2 is 1.82 bits per heavy atom. The summed E-state index contributed by atoms with van der Waals surface area (Å²) >= 11 is 7.30. The molecule has 1 amide bonds. The summed E-state index contributed by atoms with van der Waals surface area (Å²) in [5.74, 6) is -0.596. The molecule has 2 aromatic carbocycles. The molecule has 1 fully saturated rings. The zero-order valence-electron chi connectivity index (χ0n) is 17.4. The van der Waals surface area contributed by atoms with Crippen LogP contribution in [-0.2, 0) is 6.54 Å². The first-order valence-electron chi connectivity index (χ1n) is 10.4. The molecule has 1 saturated heterocycles. The fourth-order valence-electron chi connectivity index (χ4n) is 3.79. The lowest BCUT2D eigenvalue weighted by Gasteiger charge is -2.34. The van der Waals surface area contributed by atoms with E-state index < -0.39 is 5.82 Å². The van der Waals surface area contributed by atoms with E-state index in [0.717, 1.165) is 5.56 Å². The monoisotopic (exact) mass is 483 g/mol. The maximum absolute atomic E-state index is 13.4. The number of piperazine rings is 1. The van der Waals surface area contributed by atoms with E-state index in [1.807, 2.05) is 12.1 Å². The van der Waals surface area contributed by atoms with Gasteiger partial charge in [-0.2, -0.15) is 9.61 Å². The highest BCUT2D eigenvalue weighted by molar-refractivity contribution is 7.19. The number of carbonyl (C=O) groups excluding carboxylic acids is 1. The van der Waals surface area contributed by atoms with Crippen LogP contribution in [0.2, 0.25) is 5.02 Å². The lowest BCUT2D eigenvalue weighted by molar-refractivity contribution is 0.0626. The van der Waals surface area contributed by atoms with Crippen molar-refractivity contribution >= 4 is 33.8 Å². The minimum absolute atomic E-state index is 0.175. The van der Waals surface area contributed by atoms with Gasteiger partial charge in [0.05, 0.1) is 5.69 Å². The van der Waals surface area contributed by atoms with E-state index in [0.29, 0.717) is 59.0 Å². The minimum Gasteiger partial charge on any atom is -0.336 e. The first-order chi connectivity index (χ1) is 16.0. The van der Waals surface area contributed by atoms with Gasteiger partial charge in [-0.15, -0.1) is 0 Å². The number of carbonyl (C=O) groups is 1. The Balaban J connectivity index is 1.27. The normalized spacial score (nSPS) is 14.7. The summed E-state index contributed by atoms with van der Waals surface area (Å²) in [6.07, 6.45) is 0. The van der Waals surface area contributed by atoms with E-state index in [1.165, 1.54) is 40.1 Å². The van der Waals surface area contributed by atoms with Crippen molar-refractivity contribution in [3.8, 4) is 10.6 Å². The number of nitrogens with zero attached hydrogens (tertiary/aromatic N) is 5. The molecule has 0 spiro atoms. The zero-order chi connectivity index (χ0) is 22.9. The van der Waals surface area contributed by atoms with Crippen molar-refractivity contribution in [2.45, 2.75) is 6.54 Å². The number of fused-ring (bicyclic) bond motifs is 1. The van der Waals surface area contributed by atoms with Gasteiger partial charge in [-0.05, 0) is 30.3 Å². The number of benzene rings is 2. The average Bonchev–Trinajstić information content (AvgIpc) is 3.24. The topological polar surface area (TPSA) is 70.8 Å². The summed E-state index contributed by atoms with van der Waals surface area (Å²) in [7, 11) is 0. The minimum atomic E-state index is -0.422. The second kappa shape index (κ2) is 9.01. The molecule has 1 aliphatic heterocycles. The largest absolute Gasteiger partial charge is 0.336 e. The van der Waals surface area contributed by atoms with Gasteiger partial charge in [0.2, 0.25) is 4.96 Å². The van der Waals surface area contributed by atoms with Crippen molar-refractivity contribution in [2.24, 2.45) is 0 Å². The van der Waals surface area contributed by atoms with Crippen molar-refractivity contribution in [3.63, 3.8) is 0 Å². The summed E-state index contributed by atoms with van der Waals surface area (Å²) in [6.45, 7) is 2.83. The van der Waals surface area contributed by atoms with Crippen molar-refractivity contribution in [1.82, 2.24) is 24.4 Å². The third kappa shape index (κ3) is 4.66. The summed E-state index contributed by atoms with van der Waals surface area (Å²) in [6, 6.07) is 14.5. The quantitative estimate of drug-likeness (QED) is 0.444. The van der Waals surface area contributed by atoms with Crippen LogP contribution < -0.4 is 5.56 Å². The smallest absolute Gasteiger partial charge is 0.275 e. The van der Waals surface area contributed by atoms with Crippen LogP contribution in [0.15, 0.2) is 59.4 Å². The maximum Gasteiger partial charge on any atom is 0.275 e. The van der Waals surface area contributed by atoms with Crippen molar-refractivity contribution in [2.75, 3.05) is 26.2 Å². The molecule has 0 radical (unpaired) electrons. The number of amides is 1. The molecule has 0 bridgehead atoms. The summed E-state index contributed by atoms with van der Waals surface area (Å²) < 4.78 is 14.7. The second-order valence-corrected chi connectivity index (χ2v) is 9.17. The molecule has 0 saturated carbocycles. The van der Waals surface area contributed by atoms with E-state index in [-0.39, 0.29) is 11.5 Å². The molecule has 1 aliphatic rings. The lowest BCUT2D eigenvalue weighted by atomic mass is 10.1. The summed E-state index contributed by atoms with van der Waals surface area (Å²) in [4.78, 5) is 34.3. The Morgan fingerprint density at radius 1 is 1.06 bits per heavy atom. The molecule has 7 nitrogen and oxygen atoms in total. The van der Waals surface area contributed by atoms with E-state index in [4.69, 9.17) is 11.6 Å². The molecule has 33 heavy (non-hydrogen) atoms.